The summed E-state index contributed by atoms with van der Waals surface area (Å²) in [6.07, 6.45) is 7.14. The van der Waals surface area contributed by atoms with E-state index in [-0.39, 0.29) is 48.2 Å². The number of rotatable bonds is 8. The van der Waals surface area contributed by atoms with Gasteiger partial charge in [-0.3, -0.25) is 4.79 Å². The van der Waals surface area contributed by atoms with Crippen LogP contribution in [0.1, 0.15) is 108 Å². The third-order valence-corrected chi connectivity index (χ3v) is 16.4. The van der Waals surface area contributed by atoms with Gasteiger partial charge >= 0.3 is 23.9 Å². The Morgan fingerprint density at radius 2 is 1.66 bits per heavy atom. The molecule has 2 saturated heterocycles. The lowest BCUT2D eigenvalue weighted by Crippen LogP contribution is -2.56. The fraction of sp³-hybridized carbons (Fsp3) is 0.640. The van der Waals surface area contributed by atoms with Crippen molar-refractivity contribution in [1.82, 2.24) is 0 Å². The fourth-order valence-corrected chi connectivity index (χ4v) is 12.0. The Morgan fingerprint density at radius 1 is 0.910 bits per heavy atom. The predicted octanol–water partition coefficient (Wildman–Crippen LogP) is 7.07. The number of hydrogen-bond donors (Lipinski definition) is 4. The molecule has 0 aromatic heterocycles. The molecule has 7 aliphatic rings. The van der Waals surface area contributed by atoms with Gasteiger partial charge in [-0.15, -0.1) is 0 Å². The van der Waals surface area contributed by atoms with E-state index in [2.05, 4.69) is 22.0 Å². The molecule has 16 atom stereocenters. The molecule has 16 unspecified atom stereocenters. The second-order valence-corrected chi connectivity index (χ2v) is 20.4. The molecule has 17 heteroatoms. The Morgan fingerprint density at radius 3 is 2.39 bits per heavy atom. The second-order valence-electron chi connectivity index (χ2n) is 19.5. The first-order valence-electron chi connectivity index (χ1n) is 23.6. The Balaban J connectivity index is 0.955. The van der Waals surface area contributed by atoms with Crippen LogP contribution in [0.3, 0.4) is 0 Å². The topological polar surface area (TPSA) is 223 Å². The van der Waals surface area contributed by atoms with Crippen molar-refractivity contribution in [2.24, 2.45) is 35.0 Å². The number of benzene rings is 1. The maximum absolute atomic E-state index is 14.8. The summed E-state index contributed by atoms with van der Waals surface area (Å²) in [6, 6.07) is 3.42. The van der Waals surface area contributed by atoms with Gasteiger partial charge in [0.1, 0.15) is 29.6 Å². The zero-order valence-corrected chi connectivity index (χ0v) is 40.3. The molecule has 1 aromatic rings. The highest BCUT2D eigenvalue weighted by molar-refractivity contribution is 9.10. The van der Waals surface area contributed by atoms with E-state index < -0.39 is 114 Å². The Hall–Kier alpha value is -4.10. The number of fused-ring (bicyclic) bond motifs is 4. The van der Waals surface area contributed by atoms with Crippen molar-refractivity contribution in [2.45, 2.75) is 160 Å². The summed E-state index contributed by atoms with van der Waals surface area (Å²) in [5, 5.41) is 44.4. The maximum Gasteiger partial charge on any atom is 0.379 e. The van der Waals surface area contributed by atoms with Gasteiger partial charge in [-0.2, -0.15) is 0 Å². The SMILES string of the molecule is COc1ccc(Br)c(C)c1C(=O)OC1CC(OC2C(O)CC(OC3CCCC4C3C=CC3CCCCC=CC5C=C(C(=O)O)C(C)C6(C5)OC(=O)C(=C6O)OC(=O)C34C)OC2C)OC(C)C1O. The van der Waals surface area contributed by atoms with Crippen molar-refractivity contribution in [2.75, 3.05) is 7.11 Å². The van der Waals surface area contributed by atoms with Crippen molar-refractivity contribution in [1.29, 1.82) is 0 Å². The number of carboxylic acids is 1. The summed E-state index contributed by atoms with van der Waals surface area (Å²) in [5.41, 5.74) is -2.03. The van der Waals surface area contributed by atoms with Crippen LogP contribution in [-0.2, 0) is 47.5 Å². The van der Waals surface area contributed by atoms with Crippen molar-refractivity contribution in [3.63, 3.8) is 0 Å². The van der Waals surface area contributed by atoms with E-state index in [4.69, 9.17) is 37.9 Å². The lowest BCUT2D eigenvalue weighted by molar-refractivity contribution is -0.318. The molecule has 67 heavy (non-hydrogen) atoms. The average molecular weight is 1000 g/mol. The number of aliphatic carboxylic acids is 1. The van der Waals surface area contributed by atoms with E-state index in [1.165, 1.54) is 7.11 Å². The van der Waals surface area contributed by atoms with Gasteiger partial charge in [0.05, 0.1) is 36.9 Å². The number of carbonyl (C=O) groups excluding carboxylic acids is 3. The predicted molar refractivity (Wildman–Crippen MR) is 241 cm³/mol. The van der Waals surface area contributed by atoms with Gasteiger partial charge in [0.2, 0.25) is 0 Å². The summed E-state index contributed by atoms with van der Waals surface area (Å²) in [4.78, 5) is 54.2. The summed E-state index contributed by atoms with van der Waals surface area (Å²) in [6.45, 7) is 8.61. The van der Waals surface area contributed by atoms with Gasteiger partial charge in [-0.05, 0) is 95.2 Å². The molecule has 3 aliphatic carbocycles. The fourth-order valence-electron chi connectivity index (χ4n) is 11.7. The van der Waals surface area contributed by atoms with Gasteiger partial charge in [-0.1, -0.05) is 66.1 Å². The number of carboxylic acid groups (broad SMARTS) is 1. The van der Waals surface area contributed by atoms with Crippen LogP contribution in [0, 0.1) is 41.9 Å². The minimum atomic E-state index is -1.72. The third kappa shape index (κ3) is 9.26. The smallest absolute Gasteiger partial charge is 0.379 e. The Kier molecular flexibility index (Phi) is 14.5. The summed E-state index contributed by atoms with van der Waals surface area (Å²) < 4.78 is 49.2. The van der Waals surface area contributed by atoms with Crippen molar-refractivity contribution in [3.05, 3.63) is 75.2 Å². The zero-order chi connectivity index (χ0) is 48.1. The molecular weight excluding hydrogens is 936 g/mol. The minimum Gasteiger partial charge on any atom is -0.505 e. The molecule has 1 spiro atoms. The summed E-state index contributed by atoms with van der Waals surface area (Å²) in [7, 11) is 1.46. The number of halogens is 1. The normalized spacial score (nSPS) is 40.0. The van der Waals surface area contributed by atoms with E-state index in [0.717, 1.165) is 12.8 Å². The minimum absolute atomic E-state index is 0.00106. The van der Waals surface area contributed by atoms with Crippen molar-refractivity contribution in [3.8, 4) is 5.75 Å². The lowest BCUT2D eigenvalue weighted by atomic mass is 9.55. The van der Waals surface area contributed by atoms with E-state index in [1.54, 1.807) is 45.9 Å². The molecule has 4 heterocycles. The maximum atomic E-state index is 14.8. The third-order valence-electron chi connectivity index (χ3n) is 15.6. The number of aliphatic hydroxyl groups excluding tert-OH is 3. The molecule has 8 rings (SSSR count). The van der Waals surface area contributed by atoms with Gasteiger partial charge in [-0.25, -0.2) is 14.4 Å². The molecule has 4 N–H and O–H groups in total. The molecular formula is C50H63BrO16. The lowest BCUT2D eigenvalue weighted by Gasteiger charge is -2.51. The molecule has 1 aromatic carbocycles. The average Bonchev–Trinajstić information content (AvgIpc) is 3.51. The van der Waals surface area contributed by atoms with E-state index in [1.807, 2.05) is 25.2 Å². The molecule has 4 aliphatic heterocycles. The van der Waals surface area contributed by atoms with Crippen molar-refractivity contribution >= 4 is 39.8 Å². The van der Waals surface area contributed by atoms with Crippen LogP contribution in [0.5, 0.6) is 5.75 Å². The molecule has 3 bridgehead atoms. The largest absolute Gasteiger partial charge is 0.505 e. The number of hydrogen-bond acceptors (Lipinski definition) is 15. The number of esters is 3. The summed E-state index contributed by atoms with van der Waals surface area (Å²) in [5.74, 6) is -6.61. The molecule has 0 radical (unpaired) electrons. The van der Waals surface area contributed by atoms with E-state index >= 15 is 0 Å². The molecule has 16 nitrogen and oxygen atoms in total. The molecule has 0 amide bonds. The first-order valence-corrected chi connectivity index (χ1v) is 24.4. The van der Waals surface area contributed by atoms with Crippen LogP contribution in [0.25, 0.3) is 0 Å². The Bertz CT molecular complexity index is 2210. The van der Waals surface area contributed by atoms with E-state index in [0.29, 0.717) is 47.9 Å². The standard InChI is InChI=1S/C50H63BrO16/c1-24-33(51)18-19-36(60-6)40(24)46(57)64-37-22-39(61-26(3)41(37)53)65-42-27(4)62-38(21-34(42)52)63-35-15-11-14-32-30(35)17-16-29-13-10-8-7-9-12-28-20-31(45(55)56)25(2)50(23-28)44(54)43(47(58)67-50)66-48(59)49(29,32)5/h9,12,16-20,25-30,32,34-35,37-39,41-42,52-54H,7-8,10-11,13-15,21-23H2,1-6H3,(H,55,56). The number of aliphatic hydroxyl groups is 3. The van der Waals surface area contributed by atoms with Crippen LogP contribution < -0.4 is 4.74 Å². The van der Waals surface area contributed by atoms with Crippen LogP contribution in [0.15, 0.2) is 64.1 Å². The highest BCUT2D eigenvalue weighted by Gasteiger charge is 2.60. The van der Waals surface area contributed by atoms with Crippen LogP contribution in [0.2, 0.25) is 0 Å². The monoisotopic (exact) mass is 998 g/mol. The highest BCUT2D eigenvalue weighted by atomic mass is 79.9. The Labute approximate surface area is 398 Å². The van der Waals surface area contributed by atoms with Crippen LogP contribution in [-0.4, -0.2) is 112 Å². The first-order chi connectivity index (χ1) is 31.9. The number of allylic oxidation sites excluding steroid dienone is 4. The first kappa shape index (κ1) is 49.3. The van der Waals surface area contributed by atoms with Crippen molar-refractivity contribution < 1.29 is 77.5 Å². The quantitative estimate of drug-likeness (QED) is 0.116. The second kappa shape index (κ2) is 19.7. The van der Waals surface area contributed by atoms with E-state index in [9.17, 15) is 39.6 Å². The number of carbonyl (C=O) groups is 4. The van der Waals surface area contributed by atoms with Gasteiger partial charge in [0.25, 0.3) is 5.76 Å². The molecule has 1 saturated carbocycles. The zero-order valence-electron chi connectivity index (χ0n) is 38.8. The van der Waals surface area contributed by atoms with Gasteiger partial charge < -0.3 is 58.3 Å². The molecule has 366 valence electrons. The number of methoxy groups -OCH3 is 1. The number of ether oxygens (including phenoxy) is 8. The molecule has 3 fully saturated rings. The van der Waals surface area contributed by atoms with Gasteiger partial charge in [0, 0.05) is 41.1 Å². The summed E-state index contributed by atoms with van der Waals surface area (Å²) >= 11 is 3.45. The highest BCUT2D eigenvalue weighted by Crippen LogP contribution is 2.55. The van der Waals surface area contributed by atoms with Gasteiger partial charge in [0.15, 0.2) is 23.9 Å². The van der Waals surface area contributed by atoms with Crippen LogP contribution >= 0.6 is 15.9 Å². The van der Waals surface area contributed by atoms with Crippen LogP contribution in [0.4, 0.5) is 0 Å².